The number of rotatable bonds is 2. The van der Waals surface area contributed by atoms with Crippen LogP contribution in [0.5, 0.6) is 0 Å². The molecule has 0 amide bonds. The predicted molar refractivity (Wildman–Crippen MR) is 71.0 cm³/mol. The van der Waals surface area contributed by atoms with Crippen molar-refractivity contribution in [1.29, 1.82) is 0 Å². The average Bonchev–Trinajstić information content (AvgIpc) is 2.86. The van der Waals surface area contributed by atoms with Crippen LogP contribution in [0.4, 0.5) is 4.39 Å². The Kier molecular flexibility index (Phi) is 3.54. The molecule has 0 bridgehead atoms. The molecule has 3 rings (SSSR count). The largest absolute Gasteiger partial charge is 0.375 e. The maximum Gasteiger partial charge on any atom is 0.146 e. The third-order valence-corrected chi connectivity index (χ3v) is 4.66. The normalized spacial score (nSPS) is 27.6. The van der Waals surface area contributed by atoms with E-state index in [0.717, 1.165) is 32.3 Å². The first kappa shape index (κ1) is 13.0. The molecule has 0 aromatic carbocycles. The van der Waals surface area contributed by atoms with Crippen molar-refractivity contribution in [3.8, 4) is 0 Å². The van der Waals surface area contributed by atoms with Gasteiger partial charge in [-0.15, -0.1) is 0 Å². The molecule has 1 saturated heterocycles. The van der Waals surface area contributed by atoms with Gasteiger partial charge in [-0.1, -0.05) is 12.8 Å². The Bertz CT molecular complexity index is 446. The fourth-order valence-corrected chi connectivity index (χ4v) is 3.61. The fourth-order valence-electron chi connectivity index (χ4n) is 3.61. The first-order chi connectivity index (χ1) is 9.20. The van der Waals surface area contributed by atoms with Gasteiger partial charge in [0.2, 0.25) is 0 Å². The van der Waals surface area contributed by atoms with Gasteiger partial charge in [0.25, 0.3) is 0 Å². The summed E-state index contributed by atoms with van der Waals surface area (Å²) < 4.78 is 19.8. The maximum atomic E-state index is 13.8. The quantitative estimate of drug-likeness (QED) is 0.893. The zero-order chi connectivity index (χ0) is 13.3. The summed E-state index contributed by atoms with van der Waals surface area (Å²) in [4.78, 5) is 4.13. The summed E-state index contributed by atoms with van der Waals surface area (Å²) in [5.41, 5.74) is 6.69. The summed E-state index contributed by atoms with van der Waals surface area (Å²) in [6.07, 6.45) is 8.19. The Hall–Kier alpha value is -1.00. The molecule has 0 radical (unpaired) electrons. The molecular weight excluding hydrogens is 243 g/mol. The van der Waals surface area contributed by atoms with Crippen molar-refractivity contribution in [1.82, 2.24) is 4.98 Å². The van der Waals surface area contributed by atoms with Gasteiger partial charge in [-0.3, -0.25) is 4.98 Å². The molecule has 1 aliphatic carbocycles. The van der Waals surface area contributed by atoms with Crippen molar-refractivity contribution in [2.75, 3.05) is 6.61 Å². The third kappa shape index (κ3) is 2.51. The Morgan fingerprint density at radius 3 is 2.95 bits per heavy atom. The molecule has 104 valence electrons. The second-order valence-corrected chi connectivity index (χ2v) is 5.89. The van der Waals surface area contributed by atoms with Gasteiger partial charge in [0.15, 0.2) is 0 Å². The Morgan fingerprint density at radius 1 is 1.42 bits per heavy atom. The van der Waals surface area contributed by atoms with Gasteiger partial charge in [-0.05, 0) is 43.7 Å². The predicted octanol–water partition coefficient (Wildman–Crippen LogP) is 2.96. The van der Waals surface area contributed by atoms with Crippen LogP contribution in [-0.2, 0) is 4.74 Å². The van der Waals surface area contributed by atoms with Crippen LogP contribution in [0.1, 0.15) is 50.3 Å². The number of halogens is 1. The van der Waals surface area contributed by atoms with E-state index in [2.05, 4.69) is 4.98 Å². The minimum atomic E-state index is -0.317. The summed E-state index contributed by atoms with van der Waals surface area (Å²) in [5.74, 6) is -0.0155. The molecule has 2 fully saturated rings. The van der Waals surface area contributed by atoms with E-state index in [1.165, 1.54) is 18.9 Å². The van der Waals surface area contributed by atoms with Gasteiger partial charge in [-0.2, -0.15) is 0 Å². The van der Waals surface area contributed by atoms with Gasteiger partial charge in [0.05, 0.1) is 17.3 Å². The lowest BCUT2D eigenvalue weighted by atomic mass is 9.80. The standard InChI is InChI=1S/C15H21FN2O/c16-12-4-3-8-18-14(12)13(17)11-5-9-19-15(10-11)6-1-2-7-15/h3-4,8,11,13H,1-2,5-7,9-10,17H2. The molecule has 1 aromatic heterocycles. The second-order valence-electron chi connectivity index (χ2n) is 5.89. The summed E-state index contributed by atoms with van der Waals surface area (Å²) in [7, 11) is 0. The SMILES string of the molecule is NC(c1ncccc1F)C1CCOC2(CCCC2)C1. The van der Waals surface area contributed by atoms with Crippen molar-refractivity contribution in [3.05, 3.63) is 29.8 Å². The zero-order valence-corrected chi connectivity index (χ0v) is 11.1. The number of hydrogen-bond donors (Lipinski definition) is 1. The summed E-state index contributed by atoms with van der Waals surface area (Å²) in [6, 6.07) is 2.73. The number of aromatic nitrogens is 1. The lowest BCUT2D eigenvalue weighted by Crippen LogP contribution is -2.41. The molecule has 19 heavy (non-hydrogen) atoms. The molecule has 4 heteroatoms. The molecule has 3 nitrogen and oxygen atoms in total. The van der Waals surface area contributed by atoms with Crippen LogP contribution in [0.25, 0.3) is 0 Å². The van der Waals surface area contributed by atoms with Crippen molar-refractivity contribution >= 4 is 0 Å². The highest BCUT2D eigenvalue weighted by Gasteiger charge is 2.42. The number of nitrogens with two attached hydrogens (primary N) is 1. The molecule has 1 aromatic rings. The fraction of sp³-hybridized carbons (Fsp3) is 0.667. The van der Waals surface area contributed by atoms with E-state index in [1.807, 2.05) is 0 Å². The van der Waals surface area contributed by atoms with Crippen molar-refractivity contribution in [2.45, 2.75) is 50.2 Å². The monoisotopic (exact) mass is 264 g/mol. The van der Waals surface area contributed by atoms with E-state index in [4.69, 9.17) is 10.5 Å². The summed E-state index contributed by atoms with van der Waals surface area (Å²) in [5, 5.41) is 0. The van der Waals surface area contributed by atoms with Crippen LogP contribution in [0, 0.1) is 11.7 Å². The first-order valence-electron chi connectivity index (χ1n) is 7.20. The summed E-state index contributed by atoms with van der Waals surface area (Å²) >= 11 is 0. The molecule has 1 saturated carbocycles. The van der Waals surface area contributed by atoms with Crippen LogP contribution >= 0.6 is 0 Å². The van der Waals surface area contributed by atoms with Gasteiger partial charge in [0, 0.05) is 12.8 Å². The minimum absolute atomic E-state index is 0.0196. The zero-order valence-electron chi connectivity index (χ0n) is 11.1. The van der Waals surface area contributed by atoms with E-state index < -0.39 is 0 Å². The Balaban J connectivity index is 1.76. The lowest BCUT2D eigenvalue weighted by Gasteiger charge is -2.40. The highest BCUT2D eigenvalue weighted by Crippen LogP contribution is 2.44. The van der Waals surface area contributed by atoms with Crippen LogP contribution in [0.15, 0.2) is 18.3 Å². The number of hydrogen-bond acceptors (Lipinski definition) is 3. The topological polar surface area (TPSA) is 48.1 Å². The highest BCUT2D eigenvalue weighted by atomic mass is 19.1. The number of nitrogens with zero attached hydrogens (tertiary/aromatic N) is 1. The van der Waals surface area contributed by atoms with Crippen LogP contribution < -0.4 is 5.73 Å². The van der Waals surface area contributed by atoms with E-state index in [9.17, 15) is 4.39 Å². The maximum absolute atomic E-state index is 13.8. The van der Waals surface area contributed by atoms with Crippen LogP contribution in [0.3, 0.4) is 0 Å². The van der Waals surface area contributed by atoms with Gasteiger partial charge in [-0.25, -0.2) is 4.39 Å². The van der Waals surface area contributed by atoms with Crippen molar-refractivity contribution in [2.24, 2.45) is 11.7 Å². The van der Waals surface area contributed by atoms with Crippen molar-refractivity contribution < 1.29 is 9.13 Å². The van der Waals surface area contributed by atoms with Crippen molar-refractivity contribution in [3.63, 3.8) is 0 Å². The molecule has 2 aliphatic rings. The highest BCUT2D eigenvalue weighted by molar-refractivity contribution is 5.13. The van der Waals surface area contributed by atoms with Crippen LogP contribution in [-0.4, -0.2) is 17.2 Å². The Labute approximate surface area is 113 Å². The second kappa shape index (κ2) is 5.17. The molecule has 2 heterocycles. The molecule has 1 spiro atoms. The van der Waals surface area contributed by atoms with Gasteiger partial charge >= 0.3 is 0 Å². The number of ether oxygens (including phenoxy) is 1. The van der Waals surface area contributed by atoms with E-state index in [0.29, 0.717) is 5.69 Å². The number of pyridine rings is 1. The van der Waals surface area contributed by atoms with Gasteiger partial charge < -0.3 is 10.5 Å². The molecule has 2 atom stereocenters. The van der Waals surface area contributed by atoms with Crippen LogP contribution in [0.2, 0.25) is 0 Å². The average molecular weight is 264 g/mol. The molecular formula is C15H21FN2O. The van der Waals surface area contributed by atoms with Gasteiger partial charge in [0.1, 0.15) is 5.82 Å². The summed E-state index contributed by atoms with van der Waals surface area (Å²) in [6.45, 7) is 0.743. The molecule has 2 unspecified atom stereocenters. The van der Waals surface area contributed by atoms with E-state index >= 15 is 0 Å². The molecule has 2 N–H and O–H groups in total. The van der Waals surface area contributed by atoms with E-state index in [-0.39, 0.29) is 23.4 Å². The lowest BCUT2D eigenvalue weighted by molar-refractivity contribution is -0.0966. The van der Waals surface area contributed by atoms with E-state index in [1.54, 1.807) is 12.3 Å². The Morgan fingerprint density at radius 2 is 2.21 bits per heavy atom. The molecule has 1 aliphatic heterocycles. The minimum Gasteiger partial charge on any atom is -0.375 e. The first-order valence-corrected chi connectivity index (χ1v) is 7.20. The third-order valence-electron chi connectivity index (χ3n) is 4.66. The smallest absolute Gasteiger partial charge is 0.146 e.